The number of carbonyl (C=O) groups is 1. The fraction of sp³-hybridized carbons (Fsp3) is 0.958. The van der Waals surface area contributed by atoms with Crippen LogP contribution in [0.5, 0.6) is 0 Å². The summed E-state index contributed by atoms with van der Waals surface area (Å²) in [5.41, 5.74) is 0. The molecule has 0 amide bonds. The molecule has 0 unspecified atom stereocenters. The Morgan fingerprint density at radius 2 is 1.17 bits per heavy atom. The number of sulfone groups is 1. The van der Waals surface area contributed by atoms with Gasteiger partial charge in [-0.05, 0) is 6.42 Å². The van der Waals surface area contributed by atoms with E-state index in [1.54, 1.807) is 0 Å². The van der Waals surface area contributed by atoms with E-state index in [2.05, 4.69) is 11.8 Å². The Morgan fingerprint density at radius 3 is 1.63 bits per heavy atom. The van der Waals surface area contributed by atoms with E-state index in [0.717, 1.165) is 12.8 Å². The molecular formula is C24H47NO4S. The maximum atomic E-state index is 11.8. The Labute approximate surface area is 186 Å². The largest absolute Gasteiger partial charge is 0.464 e. The van der Waals surface area contributed by atoms with Crippen LogP contribution in [0.2, 0.25) is 0 Å². The number of rotatable bonds is 19. The highest BCUT2D eigenvalue weighted by atomic mass is 32.2. The third kappa shape index (κ3) is 16.1. The van der Waals surface area contributed by atoms with Crippen molar-refractivity contribution in [3.63, 3.8) is 0 Å². The summed E-state index contributed by atoms with van der Waals surface area (Å²) in [4.78, 5) is 13.8. The predicted octanol–water partition coefficient (Wildman–Crippen LogP) is 5.52. The van der Waals surface area contributed by atoms with E-state index in [-0.39, 0.29) is 17.5 Å². The molecule has 1 aliphatic rings. The first-order valence-electron chi connectivity index (χ1n) is 12.6. The van der Waals surface area contributed by atoms with Crippen molar-refractivity contribution in [2.75, 3.05) is 37.7 Å². The highest BCUT2D eigenvalue weighted by Gasteiger charge is 2.21. The molecule has 1 saturated heterocycles. The molecule has 6 heteroatoms. The maximum absolute atomic E-state index is 11.8. The molecule has 0 spiro atoms. The van der Waals surface area contributed by atoms with Gasteiger partial charge in [-0.25, -0.2) is 8.42 Å². The normalized spacial score (nSPS) is 16.6. The number of carbonyl (C=O) groups excluding carboxylic acids is 1. The topological polar surface area (TPSA) is 63.7 Å². The van der Waals surface area contributed by atoms with Gasteiger partial charge in [0.2, 0.25) is 0 Å². The third-order valence-corrected chi connectivity index (χ3v) is 7.70. The molecule has 0 saturated carbocycles. The predicted molar refractivity (Wildman–Crippen MR) is 126 cm³/mol. The molecule has 1 fully saturated rings. The molecule has 0 N–H and O–H groups in total. The molecular weight excluding hydrogens is 398 g/mol. The zero-order valence-electron chi connectivity index (χ0n) is 19.5. The first-order chi connectivity index (χ1) is 14.5. The molecule has 5 nitrogen and oxygen atoms in total. The van der Waals surface area contributed by atoms with Crippen molar-refractivity contribution in [3.8, 4) is 0 Å². The fourth-order valence-corrected chi connectivity index (χ4v) is 5.25. The average molecular weight is 446 g/mol. The van der Waals surface area contributed by atoms with E-state index in [0.29, 0.717) is 32.7 Å². The van der Waals surface area contributed by atoms with Crippen molar-refractivity contribution in [1.82, 2.24) is 4.90 Å². The minimum atomic E-state index is -2.84. The molecule has 0 aromatic rings. The van der Waals surface area contributed by atoms with Gasteiger partial charge in [0.05, 0.1) is 11.5 Å². The second-order valence-corrected chi connectivity index (χ2v) is 11.2. The van der Waals surface area contributed by atoms with Crippen molar-refractivity contribution in [2.24, 2.45) is 0 Å². The van der Waals surface area contributed by atoms with Gasteiger partial charge in [0.25, 0.3) is 0 Å². The average Bonchev–Trinajstić information content (AvgIpc) is 2.72. The smallest absolute Gasteiger partial charge is 0.305 e. The van der Waals surface area contributed by atoms with Crippen LogP contribution in [0.4, 0.5) is 0 Å². The second kappa shape index (κ2) is 18.0. The Hall–Kier alpha value is -0.620. The summed E-state index contributed by atoms with van der Waals surface area (Å²) < 4.78 is 28.1. The highest BCUT2D eigenvalue weighted by Crippen LogP contribution is 2.14. The summed E-state index contributed by atoms with van der Waals surface area (Å²) in [5.74, 6) is 0.328. The van der Waals surface area contributed by atoms with Crippen LogP contribution in [0, 0.1) is 0 Å². The molecule has 0 aliphatic carbocycles. The molecule has 0 aromatic heterocycles. The van der Waals surface area contributed by atoms with Crippen LogP contribution < -0.4 is 0 Å². The first kappa shape index (κ1) is 27.4. The zero-order chi connectivity index (χ0) is 21.9. The van der Waals surface area contributed by atoms with E-state index in [9.17, 15) is 13.2 Å². The van der Waals surface area contributed by atoms with Crippen molar-refractivity contribution < 1.29 is 17.9 Å². The van der Waals surface area contributed by atoms with Gasteiger partial charge in [0.1, 0.15) is 6.61 Å². The number of nitrogens with zero attached hydrogens (tertiary/aromatic N) is 1. The zero-order valence-corrected chi connectivity index (χ0v) is 20.4. The summed E-state index contributed by atoms with van der Waals surface area (Å²) in [6.07, 6.45) is 20.3. The lowest BCUT2D eigenvalue weighted by atomic mass is 10.0. The first-order valence-corrected chi connectivity index (χ1v) is 14.4. The van der Waals surface area contributed by atoms with Crippen LogP contribution in [0.3, 0.4) is 0 Å². The molecule has 1 heterocycles. The Bertz CT molecular complexity index is 507. The molecule has 0 radical (unpaired) electrons. The number of ether oxygens (including phenoxy) is 1. The lowest BCUT2D eigenvalue weighted by molar-refractivity contribution is -0.144. The van der Waals surface area contributed by atoms with Gasteiger partial charge in [-0.3, -0.25) is 9.69 Å². The van der Waals surface area contributed by atoms with E-state index < -0.39 is 9.84 Å². The van der Waals surface area contributed by atoms with Crippen LogP contribution >= 0.6 is 0 Å². The quantitative estimate of drug-likeness (QED) is 0.193. The number of unbranched alkanes of at least 4 members (excludes halogenated alkanes) is 14. The molecule has 30 heavy (non-hydrogen) atoms. The highest BCUT2D eigenvalue weighted by molar-refractivity contribution is 7.91. The number of esters is 1. The van der Waals surface area contributed by atoms with Crippen LogP contribution in [0.1, 0.15) is 110 Å². The Morgan fingerprint density at radius 1 is 0.733 bits per heavy atom. The van der Waals surface area contributed by atoms with E-state index in [1.165, 1.54) is 83.5 Å². The van der Waals surface area contributed by atoms with Gasteiger partial charge >= 0.3 is 5.97 Å². The second-order valence-electron chi connectivity index (χ2n) is 8.91. The third-order valence-electron chi connectivity index (χ3n) is 6.09. The Kier molecular flexibility index (Phi) is 16.4. The minimum absolute atomic E-state index is 0.116. The molecule has 178 valence electrons. The lowest BCUT2D eigenvalue weighted by Gasteiger charge is -2.26. The monoisotopic (exact) mass is 445 g/mol. The van der Waals surface area contributed by atoms with Crippen molar-refractivity contribution in [3.05, 3.63) is 0 Å². The standard InChI is InChI=1S/C24H47NO4S/c1-2-3-4-5-6-7-8-9-10-11-12-13-14-15-16-17-24(26)29-21-18-25-19-22-30(27,28)23-20-25/h2-23H2,1H3. The summed E-state index contributed by atoms with van der Waals surface area (Å²) in [7, 11) is -2.84. The minimum Gasteiger partial charge on any atom is -0.464 e. The number of hydrogen-bond donors (Lipinski definition) is 0. The Balaban J connectivity index is 1.78. The molecule has 0 aromatic carbocycles. The van der Waals surface area contributed by atoms with E-state index in [4.69, 9.17) is 4.74 Å². The number of hydrogen-bond acceptors (Lipinski definition) is 5. The summed E-state index contributed by atoms with van der Waals surface area (Å²) in [5, 5.41) is 0. The molecule has 1 aliphatic heterocycles. The molecule has 1 rings (SSSR count). The molecule has 0 bridgehead atoms. The van der Waals surface area contributed by atoms with Crippen LogP contribution in [-0.4, -0.2) is 57.0 Å². The molecule has 0 atom stereocenters. The van der Waals surface area contributed by atoms with Crippen molar-refractivity contribution in [1.29, 1.82) is 0 Å². The van der Waals surface area contributed by atoms with Gasteiger partial charge in [0, 0.05) is 26.1 Å². The summed E-state index contributed by atoms with van der Waals surface area (Å²) >= 11 is 0. The maximum Gasteiger partial charge on any atom is 0.305 e. The van der Waals surface area contributed by atoms with Gasteiger partial charge in [-0.2, -0.15) is 0 Å². The van der Waals surface area contributed by atoms with E-state index in [1.807, 2.05) is 0 Å². The fourth-order valence-electron chi connectivity index (χ4n) is 3.98. The van der Waals surface area contributed by atoms with Crippen molar-refractivity contribution in [2.45, 2.75) is 110 Å². The summed E-state index contributed by atoms with van der Waals surface area (Å²) in [6, 6.07) is 0. The van der Waals surface area contributed by atoms with Crippen LogP contribution in [0.15, 0.2) is 0 Å². The van der Waals surface area contributed by atoms with Gasteiger partial charge in [0.15, 0.2) is 9.84 Å². The van der Waals surface area contributed by atoms with Gasteiger partial charge < -0.3 is 4.74 Å². The van der Waals surface area contributed by atoms with Gasteiger partial charge in [-0.1, -0.05) is 96.8 Å². The van der Waals surface area contributed by atoms with E-state index >= 15 is 0 Å². The van der Waals surface area contributed by atoms with Crippen LogP contribution in [0.25, 0.3) is 0 Å². The SMILES string of the molecule is CCCCCCCCCCCCCCCCCC(=O)OCCN1CCS(=O)(=O)CC1. The van der Waals surface area contributed by atoms with Gasteiger partial charge in [-0.15, -0.1) is 0 Å². The van der Waals surface area contributed by atoms with Crippen molar-refractivity contribution >= 4 is 15.8 Å². The van der Waals surface area contributed by atoms with Crippen LogP contribution in [-0.2, 0) is 19.4 Å². The lowest BCUT2D eigenvalue weighted by Crippen LogP contribution is -2.41. The summed E-state index contributed by atoms with van der Waals surface area (Å²) in [6.45, 7) is 4.39.